The molecule has 27 heavy (non-hydrogen) atoms. The Bertz CT molecular complexity index is 1070. The molecule has 1 heterocycles. The first-order valence-electron chi connectivity index (χ1n) is 8.18. The van der Waals surface area contributed by atoms with Crippen LogP contribution >= 0.6 is 11.6 Å². The molecule has 1 N–H and O–H groups in total. The van der Waals surface area contributed by atoms with Gasteiger partial charge in [-0.3, -0.25) is 4.79 Å². The predicted molar refractivity (Wildman–Crippen MR) is 104 cm³/mol. The molecule has 0 aliphatic heterocycles. The highest BCUT2D eigenvalue weighted by Gasteiger charge is 2.12. The summed E-state index contributed by atoms with van der Waals surface area (Å²) in [5.41, 5.74) is 2.17. The Labute approximate surface area is 160 Å². The molecule has 140 valence electrons. The Kier molecular flexibility index (Phi) is 5.37. The molecule has 0 unspecified atom stereocenters. The van der Waals surface area contributed by atoms with E-state index in [1.165, 1.54) is 19.2 Å². The van der Waals surface area contributed by atoms with Crippen LogP contribution in [-0.2, 0) is 4.79 Å². The molecule has 0 aliphatic carbocycles. The normalized spacial score (nSPS) is 10.7. The highest BCUT2D eigenvalue weighted by molar-refractivity contribution is 6.32. The van der Waals surface area contributed by atoms with Gasteiger partial charge in [-0.15, -0.1) is 0 Å². The van der Waals surface area contributed by atoms with Crippen molar-refractivity contribution in [2.75, 3.05) is 19.0 Å². The van der Waals surface area contributed by atoms with Gasteiger partial charge in [0.25, 0.3) is 5.91 Å². The van der Waals surface area contributed by atoms with Gasteiger partial charge < -0.3 is 19.2 Å². The molecule has 0 aliphatic rings. The van der Waals surface area contributed by atoms with Gasteiger partial charge in [0.15, 0.2) is 6.61 Å². The molecular weight excluding hydrogens is 370 g/mol. The van der Waals surface area contributed by atoms with Crippen LogP contribution in [-0.4, -0.2) is 19.6 Å². The molecule has 0 saturated heterocycles. The highest BCUT2D eigenvalue weighted by Crippen LogP contribution is 2.31. The van der Waals surface area contributed by atoms with E-state index in [2.05, 4.69) is 5.32 Å². The first-order valence-corrected chi connectivity index (χ1v) is 8.56. The summed E-state index contributed by atoms with van der Waals surface area (Å²) in [6.45, 7) is 3.44. The van der Waals surface area contributed by atoms with Crippen LogP contribution in [0.25, 0.3) is 11.0 Å². The number of rotatable bonds is 5. The van der Waals surface area contributed by atoms with Crippen LogP contribution in [0.15, 0.2) is 45.6 Å². The van der Waals surface area contributed by atoms with E-state index in [9.17, 15) is 9.59 Å². The molecule has 1 aromatic heterocycles. The maximum atomic E-state index is 12.2. The second-order valence-corrected chi connectivity index (χ2v) is 6.48. The van der Waals surface area contributed by atoms with E-state index in [0.29, 0.717) is 27.4 Å². The van der Waals surface area contributed by atoms with Gasteiger partial charge in [0, 0.05) is 17.5 Å². The fourth-order valence-corrected chi connectivity index (χ4v) is 2.90. The van der Waals surface area contributed by atoms with Crippen molar-refractivity contribution in [2.24, 2.45) is 0 Å². The van der Waals surface area contributed by atoms with Crippen LogP contribution < -0.4 is 20.4 Å². The molecule has 1 amide bonds. The molecule has 0 bridgehead atoms. The molecule has 2 aromatic carbocycles. The van der Waals surface area contributed by atoms with Crippen molar-refractivity contribution >= 4 is 34.2 Å². The monoisotopic (exact) mass is 387 g/mol. The third kappa shape index (κ3) is 4.23. The summed E-state index contributed by atoms with van der Waals surface area (Å²) in [4.78, 5) is 23.8. The van der Waals surface area contributed by atoms with E-state index < -0.39 is 5.63 Å². The van der Waals surface area contributed by atoms with Crippen molar-refractivity contribution in [1.82, 2.24) is 0 Å². The molecule has 0 radical (unpaired) electrons. The number of aryl methyl sites for hydroxylation is 2. The zero-order chi connectivity index (χ0) is 19.6. The summed E-state index contributed by atoms with van der Waals surface area (Å²) in [5.74, 6) is 0.431. The van der Waals surface area contributed by atoms with Gasteiger partial charge in [0.05, 0.1) is 17.8 Å². The number of carbonyl (C=O) groups excluding carboxylic acids is 1. The number of hydrogen-bond acceptors (Lipinski definition) is 5. The SMILES string of the molecule is COc1ccc(C)cc1NC(=O)COc1cc2oc(=O)cc(C)c2cc1Cl. The lowest BCUT2D eigenvalue weighted by Crippen LogP contribution is -2.20. The van der Waals surface area contributed by atoms with Gasteiger partial charge in [-0.1, -0.05) is 17.7 Å². The minimum Gasteiger partial charge on any atom is -0.495 e. The van der Waals surface area contributed by atoms with Gasteiger partial charge in [0.2, 0.25) is 0 Å². The summed E-state index contributed by atoms with van der Waals surface area (Å²) in [7, 11) is 1.53. The third-order valence-corrected chi connectivity index (χ3v) is 4.29. The average Bonchev–Trinajstić information content (AvgIpc) is 2.61. The fourth-order valence-electron chi connectivity index (χ4n) is 2.68. The largest absolute Gasteiger partial charge is 0.495 e. The third-order valence-electron chi connectivity index (χ3n) is 3.99. The van der Waals surface area contributed by atoms with Gasteiger partial charge in [-0.2, -0.15) is 0 Å². The summed E-state index contributed by atoms with van der Waals surface area (Å²) in [5, 5.41) is 3.77. The number of halogens is 1. The summed E-state index contributed by atoms with van der Waals surface area (Å²) in [6, 6.07) is 10.0. The Balaban J connectivity index is 1.76. The molecular formula is C20H18ClNO5. The Morgan fingerprint density at radius 1 is 1.15 bits per heavy atom. The van der Waals surface area contributed by atoms with E-state index in [-0.39, 0.29) is 18.3 Å². The topological polar surface area (TPSA) is 77.8 Å². The minimum absolute atomic E-state index is 0.254. The Morgan fingerprint density at radius 2 is 1.93 bits per heavy atom. The van der Waals surface area contributed by atoms with E-state index >= 15 is 0 Å². The second kappa shape index (κ2) is 7.72. The van der Waals surface area contributed by atoms with Gasteiger partial charge >= 0.3 is 5.63 Å². The van der Waals surface area contributed by atoms with Gasteiger partial charge in [-0.05, 0) is 43.2 Å². The van der Waals surface area contributed by atoms with Crippen molar-refractivity contribution in [2.45, 2.75) is 13.8 Å². The number of nitrogens with one attached hydrogen (secondary N) is 1. The summed E-state index contributed by atoms with van der Waals surface area (Å²) < 4.78 is 15.9. The van der Waals surface area contributed by atoms with Crippen molar-refractivity contribution in [1.29, 1.82) is 0 Å². The Hall–Kier alpha value is -2.99. The van der Waals surface area contributed by atoms with Gasteiger partial charge in [-0.25, -0.2) is 4.79 Å². The van der Waals surface area contributed by atoms with E-state index in [0.717, 1.165) is 11.1 Å². The second-order valence-electron chi connectivity index (χ2n) is 6.07. The first kappa shape index (κ1) is 18.8. The molecule has 0 atom stereocenters. The van der Waals surface area contributed by atoms with Crippen LogP contribution in [0, 0.1) is 13.8 Å². The smallest absolute Gasteiger partial charge is 0.336 e. The average molecular weight is 388 g/mol. The fraction of sp³-hybridized carbons (Fsp3) is 0.200. The summed E-state index contributed by atoms with van der Waals surface area (Å²) >= 11 is 6.23. The molecule has 0 spiro atoms. The van der Waals surface area contributed by atoms with Crippen molar-refractivity contribution in [3.63, 3.8) is 0 Å². The molecule has 3 aromatic rings. The highest BCUT2D eigenvalue weighted by atomic mass is 35.5. The zero-order valence-corrected chi connectivity index (χ0v) is 15.8. The van der Waals surface area contributed by atoms with E-state index in [1.807, 2.05) is 13.0 Å². The number of anilines is 1. The molecule has 0 fully saturated rings. The first-order chi connectivity index (χ1) is 12.9. The molecule has 0 saturated carbocycles. The number of carbonyl (C=O) groups is 1. The quantitative estimate of drug-likeness (QED) is 0.667. The lowest BCUT2D eigenvalue weighted by atomic mass is 10.1. The number of hydrogen-bond donors (Lipinski definition) is 1. The minimum atomic E-state index is -0.461. The lowest BCUT2D eigenvalue weighted by Gasteiger charge is -2.12. The Morgan fingerprint density at radius 3 is 2.67 bits per heavy atom. The van der Waals surface area contributed by atoms with Crippen LogP contribution in [0.3, 0.4) is 0 Å². The van der Waals surface area contributed by atoms with Crippen molar-refractivity contribution in [3.05, 3.63) is 63.0 Å². The maximum absolute atomic E-state index is 12.2. The maximum Gasteiger partial charge on any atom is 0.336 e. The number of amides is 1. The van der Waals surface area contributed by atoms with E-state index in [1.54, 1.807) is 25.1 Å². The number of ether oxygens (including phenoxy) is 2. The van der Waals surface area contributed by atoms with Crippen molar-refractivity contribution in [3.8, 4) is 11.5 Å². The number of fused-ring (bicyclic) bond motifs is 1. The number of benzene rings is 2. The van der Waals surface area contributed by atoms with Crippen molar-refractivity contribution < 1.29 is 18.7 Å². The van der Waals surface area contributed by atoms with Gasteiger partial charge in [0.1, 0.15) is 17.1 Å². The standard InChI is InChI=1S/C20H18ClNO5/c1-11-4-5-16(25-3)15(6-11)22-19(23)10-26-18-9-17-13(8-14(18)21)12(2)7-20(24)27-17/h4-9H,10H2,1-3H3,(H,22,23). The number of methoxy groups -OCH3 is 1. The van der Waals surface area contributed by atoms with E-state index in [4.69, 9.17) is 25.5 Å². The lowest BCUT2D eigenvalue weighted by molar-refractivity contribution is -0.118. The van der Waals surface area contributed by atoms with Crippen LogP contribution in [0.5, 0.6) is 11.5 Å². The van der Waals surface area contributed by atoms with Crippen LogP contribution in [0.4, 0.5) is 5.69 Å². The van der Waals surface area contributed by atoms with Crippen LogP contribution in [0.1, 0.15) is 11.1 Å². The molecule has 7 heteroatoms. The summed E-state index contributed by atoms with van der Waals surface area (Å²) in [6.07, 6.45) is 0. The van der Waals surface area contributed by atoms with Crippen LogP contribution in [0.2, 0.25) is 5.02 Å². The predicted octanol–water partition coefficient (Wildman–Crippen LogP) is 4.09. The zero-order valence-electron chi connectivity index (χ0n) is 15.1. The molecule has 6 nitrogen and oxygen atoms in total. The molecule has 3 rings (SSSR count).